The van der Waals surface area contributed by atoms with Crippen molar-refractivity contribution < 1.29 is 4.79 Å². The van der Waals surface area contributed by atoms with E-state index in [1.807, 2.05) is 61.5 Å². The van der Waals surface area contributed by atoms with E-state index < -0.39 is 0 Å². The Morgan fingerprint density at radius 1 is 1.00 bits per heavy atom. The number of rotatable bonds is 4. The number of hydrazine groups is 1. The average molecular weight is 294 g/mol. The third-order valence-electron chi connectivity index (χ3n) is 4.32. The fraction of sp³-hybridized carbons (Fsp3) is 0.316. The molecule has 2 aromatic rings. The molecule has 1 N–H and O–H groups in total. The van der Waals surface area contributed by atoms with Crippen LogP contribution in [-0.4, -0.2) is 5.91 Å². The molecule has 0 saturated heterocycles. The quantitative estimate of drug-likeness (QED) is 0.839. The van der Waals surface area contributed by atoms with Crippen molar-refractivity contribution in [2.75, 3.05) is 10.4 Å². The van der Waals surface area contributed by atoms with Gasteiger partial charge in [0, 0.05) is 5.92 Å². The van der Waals surface area contributed by atoms with Crippen molar-refractivity contribution in [1.29, 1.82) is 0 Å². The maximum absolute atomic E-state index is 12.9. The number of nitrogens with one attached hydrogen (secondary N) is 1. The molecule has 0 heterocycles. The van der Waals surface area contributed by atoms with Crippen molar-refractivity contribution in [1.82, 2.24) is 0 Å². The van der Waals surface area contributed by atoms with Crippen molar-refractivity contribution in [2.24, 2.45) is 5.92 Å². The van der Waals surface area contributed by atoms with Gasteiger partial charge in [-0.3, -0.25) is 10.2 Å². The number of carbonyl (C=O) groups excluding carboxylic acids is 1. The van der Waals surface area contributed by atoms with Crippen LogP contribution >= 0.6 is 0 Å². The zero-order valence-electron chi connectivity index (χ0n) is 13.0. The van der Waals surface area contributed by atoms with Gasteiger partial charge in [0.25, 0.3) is 0 Å². The van der Waals surface area contributed by atoms with Crippen LogP contribution in [0, 0.1) is 12.8 Å². The number of benzene rings is 2. The number of anilines is 2. The van der Waals surface area contributed by atoms with Crippen LogP contribution in [0.1, 0.15) is 31.2 Å². The minimum absolute atomic E-state index is 0.136. The van der Waals surface area contributed by atoms with Crippen molar-refractivity contribution in [2.45, 2.75) is 32.6 Å². The average Bonchev–Trinajstić information content (AvgIpc) is 3.09. The van der Waals surface area contributed by atoms with Crippen LogP contribution in [0.3, 0.4) is 0 Å². The van der Waals surface area contributed by atoms with Gasteiger partial charge >= 0.3 is 0 Å². The summed E-state index contributed by atoms with van der Waals surface area (Å²) in [6.45, 7) is 2.05. The van der Waals surface area contributed by atoms with Gasteiger partial charge in [-0.2, -0.15) is 0 Å². The second-order valence-electron chi connectivity index (χ2n) is 5.92. The lowest BCUT2D eigenvalue weighted by molar-refractivity contribution is -0.121. The lowest BCUT2D eigenvalue weighted by Crippen LogP contribution is -2.40. The second-order valence-corrected chi connectivity index (χ2v) is 5.92. The Morgan fingerprint density at radius 3 is 2.32 bits per heavy atom. The summed E-state index contributed by atoms with van der Waals surface area (Å²) < 4.78 is 0. The Hall–Kier alpha value is -2.29. The van der Waals surface area contributed by atoms with Gasteiger partial charge in [0.05, 0.1) is 11.4 Å². The molecular formula is C19H22N2O. The molecular weight excluding hydrogens is 272 g/mol. The fourth-order valence-corrected chi connectivity index (χ4v) is 3.00. The van der Waals surface area contributed by atoms with Gasteiger partial charge in [0.1, 0.15) is 0 Å². The van der Waals surface area contributed by atoms with Gasteiger partial charge in [-0.15, -0.1) is 0 Å². The van der Waals surface area contributed by atoms with E-state index in [0.29, 0.717) is 0 Å². The molecule has 1 aliphatic carbocycles. The molecule has 3 heteroatoms. The Morgan fingerprint density at radius 2 is 1.64 bits per heavy atom. The zero-order chi connectivity index (χ0) is 15.4. The van der Waals surface area contributed by atoms with Crippen LogP contribution in [0.5, 0.6) is 0 Å². The fourth-order valence-electron chi connectivity index (χ4n) is 3.00. The van der Waals surface area contributed by atoms with Crippen LogP contribution < -0.4 is 10.4 Å². The van der Waals surface area contributed by atoms with Crippen LogP contribution in [0.25, 0.3) is 0 Å². The largest absolute Gasteiger partial charge is 0.291 e. The highest BCUT2D eigenvalue weighted by molar-refractivity contribution is 5.97. The van der Waals surface area contributed by atoms with E-state index in [4.69, 9.17) is 0 Å². The number of nitrogens with zero attached hydrogens (tertiary/aromatic N) is 1. The highest BCUT2D eigenvalue weighted by Gasteiger charge is 2.28. The molecule has 114 valence electrons. The van der Waals surface area contributed by atoms with E-state index in [0.717, 1.165) is 42.6 Å². The van der Waals surface area contributed by atoms with Crippen molar-refractivity contribution in [3.63, 3.8) is 0 Å². The molecule has 3 rings (SSSR count). The second kappa shape index (κ2) is 6.65. The maximum atomic E-state index is 12.9. The number of hydrogen-bond donors (Lipinski definition) is 1. The summed E-state index contributed by atoms with van der Waals surface area (Å²) in [6.07, 6.45) is 4.31. The molecule has 0 aliphatic heterocycles. The van der Waals surface area contributed by atoms with Gasteiger partial charge in [0.15, 0.2) is 0 Å². The van der Waals surface area contributed by atoms with E-state index in [1.165, 1.54) is 0 Å². The summed E-state index contributed by atoms with van der Waals surface area (Å²) in [6, 6.07) is 17.9. The van der Waals surface area contributed by atoms with E-state index in [1.54, 1.807) is 5.01 Å². The monoisotopic (exact) mass is 294 g/mol. The molecule has 1 amide bonds. The highest BCUT2D eigenvalue weighted by Crippen LogP contribution is 2.29. The molecule has 2 aromatic carbocycles. The first kappa shape index (κ1) is 14.6. The lowest BCUT2D eigenvalue weighted by atomic mass is 10.1. The number of para-hydroxylation sites is 2. The molecule has 1 saturated carbocycles. The van der Waals surface area contributed by atoms with E-state index >= 15 is 0 Å². The van der Waals surface area contributed by atoms with Gasteiger partial charge < -0.3 is 0 Å². The van der Waals surface area contributed by atoms with E-state index in [2.05, 4.69) is 5.43 Å². The third kappa shape index (κ3) is 3.14. The number of aryl methyl sites for hydroxylation is 1. The first-order chi connectivity index (χ1) is 10.8. The van der Waals surface area contributed by atoms with Crippen molar-refractivity contribution in [3.8, 4) is 0 Å². The van der Waals surface area contributed by atoms with Crippen molar-refractivity contribution in [3.05, 3.63) is 60.2 Å². The summed E-state index contributed by atoms with van der Waals surface area (Å²) >= 11 is 0. The lowest BCUT2D eigenvalue weighted by Gasteiger charge is -2.27. The molecule has 0 bridgehead atoms. The summed E-state index contributed by atoms with van der Waals surface area (Å²) in [4.78, 5) is 12.9. The van der Waals surface area contributed by atoms with Crippen LogP contribution in [-0.2, 0) is 4.79 Å². The van der Waals surface area contributed by atoms with Crippen LogP contribution in [0.4, 0.5) is 11.4 Å². The Bertz CT molecular complexity index is 633. The Balaban J connectivity index is 1.89. The van der Waals surface area contributed by atoms with E-state index in [-0.39, 0.29) is 11.8 Å². The maximum Gasteiger partial charge on any atom is 0.248 e. The zero-order valence-corrected chi connectivity index (χ0v) is 13.0. The molecule has 0 spiro atoms. The van der Waals surface area contributed by atoms with Gasteiger partial charge in [-0.1, -0.05) is 49.2 Å². The van der Waals surface area contributed by atoms with Crippen LogP contribution in [0.15, 0.2) is 54.6 Å². The number of amides is 1. The first-order valence-corrected chi connectivity index (χ1v) is 7.97. The summed E-state index contributed by atoms with van der Waals surface area (Å²) in [5.74, 6) is 0.309. The molecule has 0 aromatic heterocycles. The minimum atomic E-state index is 0.136. The molecule has 22 heavy (non-hydrogen) atoms. The predicted octanol–water partition coefficient (Wildman–Crippen LogP) is 4.55. The predicted molar refractivity (Wildman–Crippen MR) is 90.7 cm³/mol. The normalized spacial score (nSPS) is 14.8. The molecule has 3 nitrogen and oxygen atoms in total. The number of hydrogen-bond acceptors (Lipinski definition) is 2. The van der Waals surface area contributed by atoms with Crippen molar-refractivity contribution >= 4 is 17.3 Å². The Labute approximate surface area is 131 Å². The van der Waals surface area contributed by atoms with E-state index in [9.17, 15) is 4.79 Å². The summed E-state index contributed by atoms with van der Waals surface area (Å²) in [5, 5.41) is 1.72. The SMILES string of the molecule is Cc1ccccc1NN(C(=O)C1CCCC1)c1ccccc1. The Kier molecular flexibility index (Phi) is 4.42. The number of carbonyl (C=O) groups is 1. The topological polar surface area (TPSA) is 32.3 Å². The van der Waals surface area contributed by atoms with Gasteiger partial charge in [-0.25, -0.2) is 5.01 Å². The van der Waals surface area contributed by atoms with Gasteiger partial charge in [-0.05, 0) is 43.5 Å². The third-order valence-corrected chi connectivity index (χ3v) is 4.32. The molecule has 0 radical (unpaired) electrons. The minimum Gasteiger partial charge on any atom is -0.291 e. The summed E-state index contributed by atoms with van der Waals surface area (Å²) in [5.41, 5.74) is 6.31. The highest BCUT2D eigenvalue weighted by atomic mass is 16.2. The molecule has 0 atom stereocenters. The van der Waals surface area contributed by atoms with Crippen LogP contribution in [0.2, 0.25) is 0 Å². The smallest absolute Gasteiger partial charge is 0.248 e. The van der Waals surface area contributed by atoms with Gasteiger partial charge in [0.2, 0.25) is 5.91 Å². The standard InChI is InChI=1S/C19H22N2O/c1-15-9-5-8-14-18(15)20-21(17-12-3-2-4-13-17)19(22)16-10-6-7-11-16/h2-5,8-9,12-14,16,20H,6-7,10-11H2,1H3. The first-order valence-electron chi connectivity index (χ1n) is 7.97. The molecule has 1 aliphatic rings. The summed E-state index contributed by atoms with van der Waals surface area (Å²) in [7, 11) is 0. The molecule has 0 unspecified atom stereocenters. The molecule has 1 fully saturated rings.